The molecule has 0 saturated heterocycles. The third kappa shape index (κ3) is 17.7. The maximum atomic E-state index is 12.8. The van der Waals surface area contributed by atoms with Gasteiger partial charge in [0.15, 0.2) is 0 Å². The van der Waals surface area contributed by atoms with Crippen molar-refractivity contribution < 1.29 is 62.5 Å². The lowest BCUT2D eigenvalue weighted by atomic mass is 10.1. The zero-order chi connectivity index (χ0) is 32.6. The Hall–Kier alpha value is -3.36. The van der Waals surface area contributed by atoms with E-state index in [0.717, 1.165) is 0 Å². The van der Waals surface area contributed by atoms with Crippen molar-refractivity contribution in [2.75, 3.05) is 59.5 Å². The molecule has 0 spiro atoms. The maximum Gasteiger partial charge on any atom is 0.339 e. The number of hydrogen-bond donors (Lipinski definition) is 2. The van der Waals surface area contributed by atoms with Crippen LogP contribution in [0.25, 0.3) is 0 Å². The summed E-state index contributed by atoms with van der Waals surface area (Å²) in [6.45, 7) is 7.68. The van der Waals surface area contributed by atoms with E-state index in [1.54, 1.807) is 32.1 Å². The van der Waals surface area contributed by atoms with Crippen LogP contribution in [0.4, 0.5) is 0 Å². The molecule has 1 aromatic rings. The fourth-order valence-corrected chi connectivity index (χ4v) is 3.72. The second-order valence-electron chi connectivity index (χ2n) is 9.64. The van der Waals surface area contributed by atoms with Crippen molar-refractivity contribution in [3.05, 3.63) is 48.0 Å². The highest BCUT2D eigenvalue weighted by atomic mass is 16.6. The van der Waals surface area contributed by atoms with Gasteiger partial charge in [-0.15, -0.1) is 6.58 Å². The van der Waals surface area contributed by atoms with Gasteiger partial charge in [0, 0.05) is 19.3 Å². The molecule has 3 unspecified atom stereocenters. The van der Waals surface area contributed by atoms with Gasteiger partial charge >= 0.3 is 23.9 Å². The summed E-state index contributed by atoms with van der Waals surface area (Å²) in [5.41, 5.74) is 0.108. The lowest BCUT2D eigenvalue weighted by Gasteiger charge is -2.23. The van der Waals surface area contributed by atoms with Gasteiger partial charge in [0.1, 0.15) is 25.9 Å². The monoisotopic (exact) mass is 626 g/mol. The Balaban J connectivity index is 2.38. The molecule has 0 aliphatic heterocycles. The number of carbonyl (C=O) groups is 4. The molecule has 3 atom stereocenters. The molecule has 1 aromatic carbocycles. The van der Waals surface area contributed by atoms with Gasteiger partial charge in [-0.05, 0) is 38.8 Å². The largest absolute Gasteiger partial charge is 0.463 e. The predicted octanol–water partition coefficient (Wildman–Crippen LogP) is 2.40. The number of carbonyl (C=O) groups excluding carboxylic acids is 4. The predicted molar refractivity (Wildman–Crippen MR) is 157 cm³/mol. The van der Waals surface area contributed by atoms with Crippen LogP contribution >= 0.6 is 0 Å². The summed E-state index contributed by atoms with van der Waals surface area (Å²) in [5, 5.41) is 17.3. The zero-order valence-corrected chi connectivity index (χ0v) is 25.6. The molecule has 13 heteroatoms. The first-order chi connectivity index (χ1) is 21.2. The van der Waals surface area contributed by atoms with E-state index in [4.69, 9.17) is 43.4 Å². The molecule has 0 amide bonds. The van der Waals surface area contributed by atoms with Crippen LogP contribution < -0.4 is 0 Å². The van der Waals surface area contributed by atoms with Gasteiger partial charge in [0.05, 0.1) is 63.0 Å². The number of hydrogen-bond acceptors (Lipinski definition) is 13. The molecule has 1 rings (SSSR count). The normalized spacial score (nSPS) is 12.9. The highest BCUT2D eigenvalue weighted by Gasteiger charge is 2.23. The molecule has 0 heterocycles. The minimum absolute atomic E-state index is 0.00769. The highest BCUT2D eigenvalue weighted by Crippen LogP contribution is 2.16. The standard InChI is InChI=1S/C31H46O13/c1-4-25(43-24(3)22-42-29(35)12-8-7-11-28(34)40-19-17-38-15-13-32)21-23(2)44-31(37)27-10-6-5-9-26(27)30(36)41-20-18-39-16-14-33/h4-6,9-10,23-25,32-33H,1,7-8,11-22H2,2-3H3. The number of esters is 4. The third-order valence-corrected chi connectivity index (χ3v) is 5.82. The number of unbranched alkanes of at least 4 members (excludes halogenated alkanes) is 1. The summed E-state index contributed by atoms with van der Waals surface area (Å²) in [6.07, 6.45) is 1.50. The van der Waals surface area contributed by atoms with Crippen LogP contribution in [-0.2, 0) is 42.7 Å². The van der Waals surface area contributed by atoms with Crippen LogP contribution in [0.2, 0.25) is 0 Å². The van der Waals surface area contributed by atoms with E-state index in [2.05, 4.69) is 6.58 Å². The minimum Gasteiger partial charge on any atom is -0.463 e. The highest BCUT2D eigenvalue weighted by molar-refractivity contribution is 6.03. The molecule has 0 aliphatic carbocycles. The summed E-state index contributed by atoms with van der Waals surface area (Å²) in [5.74, 6) is -2.20. The Labute approximate surface area is 258 Å². The Morgan fingerprint density at radius 3 is 1.86 bits per heavy atom. The molecule has 0 bridgehead atoms. The second kappa shape index (κ2) is 24.0. The first-order valence-electron chi connectivity index (χ1n) is 14.6. The molecule has 248 valence electrons. The molecule has 13 nitrogen and oxygen atoms in total. The van der Waals surface area contributed by atoms with E-state index in [1.165, 1.54) is 12.1 Å². The van der Waals surface area contributed by atoms with E-state index >= 15 is 0 Å². The Kier molecular flexibility index (Phi) is 21.1. The van der Waals surface area contributed by atoms with E-state index in [9.17, 15) is 19.2 Å². The van der Waals surface area contributed by atoms with Crippen molar-refractivity contribution in [1.82, 2.24) is 0 Å². The quantitative estimate of drug-likeness (QED) is 0.0702. The van der Waals surface area contributed by atoms with Gasteiger partial charge in [0.25, 0.3) is 0 Å². The van der Waals surface area contributed by atoms with Crippen molar-refractivity contribution >= 4 is 23.9 Å². The molecule has 0 aromatic heterocycles. The van der Waals surface area contributed by atoms with Gasteiger partial charge in [-0.3, -0.25) is 9.59 Å². The molecular weight excluding hydrogens is 580 g/mol. The SMILES string of the molecule is C=CC(CC(C)OC(=O)c1ccccc1C(=O)OCCOCCO)OC(C)COC(=O)CCCCC(=O)OCCOCCO. The molecule has 2 N–H and O–H groups in total. The number of aliphatic hydroxyl groups excluding tert-OH is 2. The summed E-state index contributed by atoms with van der Waals surface area (Å²) in [4.78, 5) is 49.0. The number of benzene rings is 1. The summed E-state index contributed by atoms with van der Waals surface area (Å²) >= 11 is 0. The van der Waals surface area contributed by atoms with Crippen LogP contribution in [0.5, 0.6) is 0 Å². The maximum absolute atomic E-state index is 12.8. The Morgan fingerprint density at radius 2 is 1.30 bits per heavy atom. The summed E-state index contributed by atoms with van der Waals surface area (Å²) in [7, 11) is 0. The first kappa shape index (κ1) is 38.7. The molecular formula is C31H46O13. The molecule has 0 saturated carbocycles. The van der Waals surface area contributed by atoms with E-state index in [1.807, 2.05) is 0 Å². The van der Waals surface area contributed by atoms with Crippen LogP contribution in [0, 0.1) is 0 Å². The van der Waals surface area contributed by atoms with Crippen molar-refractivity contribution in [2.24, 2.45) is 0 Å². The average molecular weight is 627 g/mol. The molecule has 0 radical (unpaired) electrons. The zero-order valence-electron chi connectivity index (χ0n) is 25.6. The fourth-order valence-electron chi connectivity index (χ4n) is 3.72. The Morgan fingerprint density at radius 1 is 0.750 bits per heavy atom. The third-order valence-electron chi connectivity index (χ3n) is 5.82. The second-order valence-corrected chi connectivity index (χ2v) is 9.64. The fraction of sp³-hybridized carbons (Fsp3) is 0.613. The van der Waals surface area contributed by atoms with Gasteiger partial charge < -0.3 is 43.4 Å². The van der Waals surface area contributed by atoms with Crippen molar-refractivity contribution in [3.63, 3.8) is 0 Å². The Bertz CT molecular complexity index is 997. The van der Waals surface area contributed by atoms with E-state index in [0.29, 0.717) is 12.8 Å². The van der Waals surface area contributed by atoms with Crippen LogP contribution in [0.1, 0.15) is 66.7 Å². The van der Waals surface area contributed by atoms with Gasteiger partial charge in [-0.1, -0.05) is 18.2 Å². The summed E-state index contributed by atoms with van der Waals surface area (Å²) < 4.78 is 36.9. The van der Waals surface area contributed by atoms with Crippen LogP contribution in [0.15, 0.2) is 36.9 Å². The lowest BCUT2D eigenvalue weighted by molar-refractivity contribution is -0.149. The van der Waals surface area contributed by atoms with Gasteiger partial charge in [-0.2, -0.15) is 0 Å². The van der Waals surface area contributed by atoms with Gasteiger partial charge in [0.2, 0.25) is 0 Å². The van der Waals surface area contributed by atoms with E-state index in [-0.39, 0.29) is 95.8 Å². The smallest absolute Gasteiger partial charge is 0.339 e. The number of rotatable bonds is 25. The summed E-state index contributed by atoms with van der Waals surface area (Å²) in [6, 6.07) is 6.14. The number of ether oxygens (including phenoxy) is 7. The number of aliphatic hydroxyl groups is 2. The lowest BCUT2D eigenvalue weighted by Crippen LogP contribution is -2.28. The average Bonchev–Trinajstić information content (AvgIpc) is 3.01. The molecule has 0 aliphatic rings. The van der Waals surface area contributed by atoms with Crippen molar-refractivity contribution in [3.8, 4) is 0 Å². The topological polar surface area (TPSA) is 173 Å². The molecule has 0 fully saturated rings. The first-order valence-corrected chi connectivity index (χ1v) is 14.6. The van der Waals surface area contributed by atoms with Crippen LogP contribution in [-0.4, -0.2) is 112 Å². The minimum atomic E-state index is -0.702. The van der Waals surface area contributed by atoms with Crippen molar-refractivity contribution in [2.45, 2.75) is 64.3 Å². The van der Waals surface area contributed by atoms with Crippen LogP contribution in [0.3, 0.4) is 0 Å². The van der Waals surface area contributed by atoms with E-state index < -0.39 is 36.2 Å². The molecule has 44 heavy (non-hydrogen) atoms. The van der Waals surface area contributed by atoms with Gasteiger partial charge in [-0.25, -0.2) is 9.59 Å². The van der Waals surface area contributed by atoms with Crippen molar-refractivity contribution in [1.29, 1.82) is 0 Å².